The second kappa shape index (κ2) is 22.8. The van der Waals surface area contributed by atoms with Crippen molar-refractivity contribution in [3.8, 4) is 0 Å². The van der Waals surface area contributed by atoms with Crippen molar-refractivity contribution in [2.45, 2.75) is 136 Å². The minimum Gasteiger partial charge on any atom is -0.327 e. The fourth-order valence-corrected chi connectivity index (χ4v) is 4.44. The Balaban J connectivity index is 5.04. The number of hydrogen-bond acceptors (Lipinski definition) is 3. The maximum atomic E-state index is 6.39. The van der Waals surface area contributed by atoms with Crippen molar-refractivity contribution in [1.82, 2.24) is 0 Å². The van der Waals surface area contributed by atoms with E-state index in [-0.39, 0.29) is 0 Å². The lowest BCUT2D eigenvalue weighted by atomic mass is 9.91. The zero-order valence-electron chi connectivity index (χ0n) is 20.8. The Morgan fingerprint density at radius 2 is 0.933 bits per heavy atom. The average Bonchev–Trinajstić information content (AvgIpc) is 2.77. The van der Waals surface area contributed by atoms with Crippen molar-refractivity contribution in [1.29, 1.82) is 0 Å². The normalized spacial score (nSPS) is 13.1. The highest BCUT2D eigenvalue weighted by molar-refractivity contribution is 14.1. The molecule has 0 aromatic carbocycles. The molecule has 0 aliphatic rings. The molecule has 0 amide bonds. The standard InChI is InChI=1S/C26H53IO3/c1-5-9-10-11-13-16-19-25(20-17-14-12-15-18-21-27)26(28-22-6-2,29-23-7-3)30-24-8-4/h25H,5-24H2,1-4H3. The Kier molecular flexibility index (Phi) is 23.3. The van der Waals surface area contributed by atoms with Gasteiger partial charge in [-0.15, -0.1) is 0 Å². The third kappa shape index (κ3) is 15.4. The molecule has 0 N–H and O–H groups in total. The molecule has 30 heavy (non-hydrogen) atoms. The summed E-state index contributed by atoms with van der Waals surface area (Å²) in [6.07, 6.45) is 19.9. The molecule has 1 atom stereocenters. The summed E-state index contributed by atoms with van der Waals surface area (Å²) in [7, 11) is 0. The average molecular weight is 541 g/mol. The molecule has 1 unspecified atom stereocenters. The largest absolute Gasteiger partial charge is 0.327 e. The molecule has 0 spiro atoms. The Bertz CT molecular complexity index is 300. The number of halogens is 1. The van der Waals surface area contributed by atoms with E-state index in [1.165, 1.54) is 75.1 Å². The third-order valence-electron chi connectivity index (χ3n) is 5.61. The van der Waals surface area contributed by atoms with E-state index in [0.29, 0.717) is 25.7 Å². The van der Waals surface area contributed by atoms with Gasteiger partial charge in [0.2, 0.25) is 0 Å². The molecule has 0 aliphatic carbocycles. The number of rotatable bonds is 24. The predicted octanol–water partition coefficient (Wildman–Crippen LogP) is 9.06. The van der Waals surface area contributed by atoms with E-state index in [1.54, 1.807) is 0 Å². The molecule has 0 radical (unpaired) electrons. The van der Waals surface area contributed by atoms with Crippen LogP contribution in [0.5, 0.6) is 0 Å². The van der Waals surface area contributed by atoms with E-state index in [2.05, 4.69) is 50.3 Å². The quantitative estimate of drug-likeness (QED) is 0.0529. The van der Waals surface area contributed by atoms with Crippen LogP contribution in [0.4, 0.5) is 0 Å². The van der Waals surface area contributed by atoms with Crippen molar-refractivity contribution in [2.75, 3.05) is 24.2 Å². The summed E-state index contributed by atoms with van der Waals surface area (Å²) in [5.74, 6) is -0.508. The molecule has 0 aromatic rings. The SMILES string of the molecule is CCCCCCCCC(CCCCCCCI)C(OCCC)(OCCC)OCCC. The van der Waals surface area contributed by atoms with Gasteiger partial charge >= 0.3 is 0 Å². The van der Waals surface area contributed by atoms with Gasteiger partial charge in [-0.25, -0.2) is 0 Å². The van der Waals surface area contributed by atoms with E-state index in [1.807, 2.05) is 0 Å². The van der Waals surface area contributed by atoms with Crippen LogP contribution in [0.3, 0.4) is 0 Å². The molecular formula is C26H53IO3. The van der Waals surface area contributed by atoms with Gasteiger partial charge in [0.1, 0.15) is 0 Å². The lowest BCUT2D eigenvalue weighted by molar-refractivity contribution is -0.406. The zero-order valence-corrected chi connectivity index (χ0v) is 23.0. The molecule has 4 heteroatoms. The first-order valence-electron chi connectivity index (χ1n) is 13.2. The summed E-state index contributed by atoms with van der Waals surface area (Å²) in [6.45, 7) is 10.9. The van der Waals surface area contributed by atoms with Gasteiger partial charge < -0.3 is 14.2 Å². The van der Waals surface area contributed by atoms with Crippen molar-refractivity contribution in [3.05, 3.63) is 0 Å². The van der Waals surface area contributed by atoms with E-state index < -0.39 is 5.97 Å². The van der Waals surface area contributed by atoms with Gasteiger partial charge in [0.15, 0.2) is 0 Å². The van der Waals surface area contributed by atoms with E-state index in [9.17, 15) is 0 Å². The third-order valence-corrected chi connectivity index (χ3v) is 6.38. The van der Waals surface area contributed by atoms with Gasteiger partial charge in [0, 0.05) is 5.92 Å². The number of ether oxygens (including phenoxy) is 3. The molecule has 0 saturated carbocycles. The highest BCUT2D eigenvalue weighted by atomic mass is 127. The summed E-state index contributed by atoms with van der Waals surface area (Å²) in [5.41, 5.74) is 0. The first-order chi connectivity index (χ1) is 14.7. The van der Waals surface area contributed by atoms with Crippen molar-refractivity contribution < 1.29 is 14.2 Å². The van der Waals surface area contributed by atoms with E-state index in [0.717, 1.165) is 32.1 Å². The highest BCUT2D eigenvalue weighted by Gasteiger charge is 2.41. The van der Waals surface area contributed by atoms with Gasteiger partial charge in [0.25, 0.3) is 5.97 Å². The second-order valence-electron chi connectivity index (χ2n) is 8.65. The summed E-state index contributed by atoms with van der Waals surface area (Å²) < 4.78 is 20.5. The van der Waals surface area contributed by atoms with Crippen LogP contribution in [0.2, 0.25) is 0 Å². The fourth-order valence-electron chi connectivity index (χ4n) is 3.90. The van der Waals surface area contributed by atoms with E-state index in [4.69, 9.17) is 14.2 Å². The predicted molar refractivity (Wildman–Crippen MR) is 140 cm³/mol. The molecule has 182 valence electrons. The molecule has 3 nitrogen and oxygen atoms in total. The molecule has 0 bridgehead atoms. The molecule has 0 rings (SSSR count). The molecule has 0 aliphatic heterocycles. The van der Waals surface area contributed by atoms with Crippen LogP contribution in [0, 0.1) is 5.92 Å². The number of hydrogen-bond donors (Lipinski definition) is 0. The summed E-state index contributed by atoms with van der Waals surface area (Å²) in [5, 5.41) is 0. The monoisotopic (exact) mass is 540 g/mol. The minimum atomic E-state index is -0.840. The minimum absolute atomic E-state index is 0.331. The van der Waals surface area contributed by atoms with Gasteiger partial charge in [-0.2, -0.15) is 0 Å². The van der Waals surface area contributed by atoms with Gasteiger partial charge in [-0.3, -0.25) is 0 Å². The van der Waals surface area contributed by atoms with Crippen molar-refractivity contribution in [2.24, 2.45) is 5.92 Å². The van der Waals surface area contributed by atoms with Crippen LogP contribution in [-0.2, 0) is 14.2 Å². The Hall–Kier alpha value is 0.610. The van der Waals surface area contributed by atoms with Gasteiger partial charge in [-0.05, 0) is 43.0 Å². The summed E-state index contributed by atoms with van der Waals surface area (Å²) in [4.78, 5) is 0. The number of unbranched alkanes of at least 4 members (excludes halogenated alkanes) is 9. The summed E-state index contributed by atoms with van der Waals surface area (Å²) >= 11 is 2.49. The number of alkyl halides is 1. The Morgan fingerprint density at radius 1 is 0.533 bits per heavy atom. The lowest BCUT2D eigenvalue weighted by Gasteiger charge is -2.40. The highest BCUT2D eigenvalue weighted by Crippen LogP contribution is 2.35. The topological polar surface area (TPSA) is 27.7 Å². The first-order valence-corrected chi connectivity index (χ1v) is 14.7. The zero-order chi connectivity index (χ0) is 22.3. The molecule has 0 fully saturated rings. The smallest absolute Gasteiger partial charge is 0.285 e. The molecular weight excluding hydrogens is 487 g/mol. The fraction of sp³-hybridized carbons (Fsp3) is 1.00. The maximum absolute atomic E-state index is 6.39. The second-order valence-corrected chi connectivity index (χ2v) is 9.73. The molecule has 0 saturated heterocycles. The van der Waals surface area contributed by atoms with Crippen LogP contribution in [0.15, 0.2) is 0 Å². The van der Waals surface area contributed by atoms with Crippen LogP contribution in [0.25, 0.3) is 0 Å². The molecule has 0 heterocycles. The van der Waals surface area contributed by atoms with Crippen LogP contribution < -0.4 is 0 Å². The summed E-state index contributed by atoms with van der Waals surface area (Å²) in [6, 6.07) is 0. The van der Waals surface area contributed by atoms with Crippen molar-refractivity contribution >= 4 is 22.6 Å². The lowest BCUT2D eigenvalue weighted by Crippen LogP contribution is -2.47. The van der Waals surface area contributed by atoms with Gasteiger partial charge in [0.05, 0.1) is 19.8 Å². The first kappa shape index (κ1) is 30.6. The molecule has 0 aromatic heterocycles. The Morgan fingerprint density at radius 3 is 1.33 bits per heavy atom. The van der Waals surface area contributed by atoms with Crippen LogP contribution >= 0.6 is 22.6 Å². The van der Waals surface area contributed by atoms with Crippen LogP contribution in [-0.4, -0.2) is 30.2 Å². The Labute approximate surface area is 202 Å². The maximum Gasteiger partial charge on any atom is 0.285 e. The van der Waals surface area contributed by atoms with Crippen LogP contribution in [0.1, 0.15) is 130 Å². The van der Waals surface area contributed by atoms with Crippen molar-refractivity contribution in [3.63, 3.8) is 0 Å². The van der Waals surface area contributed by atoms with E-state index >= 15 is 0 Å². The van der Waals surface area contributed by atoms with Gasteiger partial charge in [-0.1, -0.05) is 114 Å².